The molecular weight excluding hydrogens is 258 g/mol. The van der Waals surface area contributed by atoms with Gasteiger partial charge in [0, 0.05) is 0 Å². The van der Waals surface area contributed by atoms with Gasteiger partial charge < -0.3 is 15.2 Å². The fraction of sp³-hybridized carbons (Fsp3) is 0.467. The SMILES string of the molecule is CC(NC(=O)COc1ccccc1C(C)(C)C)C(=O)O. The predicted molar refractivity (Wildman–Crippen MR) is 75.9 cm³/mol. The number of carbonyl (C=O) groups is 2. The maximum absolute atomic E-state index is 11.6. The Labute approximate surface area is 118 Å². The Morgan fingerprint density at radius 2 is 1.90 bits per heavy atom. The van der Waals surface area contributed by atoms with Crippen LogP contribution in [0.15, 0.2) is 24.3 Å². The van der Waals surface area contributed by atoms with E-state index < -0.39 is 17.9 Å². The number of benzene rings is 1. The molecule has 20 heavy (non-hydrogen) atoms. The Balaban J connectivity index is 2.67. The molecule has 0 saturated heterocycles. The summed E-state index contributed by atoms with van der Waals surface area (Å²) in [6, 6.07) is 6.58. The minimum absolute atomic E-state index is 0.0958. The van der Waals surface area contributed by atoms with Crippen LogP contribution in [-0.2, 0) is 15.0 Å². The number of rotatable bonds is 5. The molecule has 1 rings (SSSR count). The fourth-order valence-electron chi connectivity index (χ4n) is 1.70. The maximum atomic E-state index is 11.6. The molecule has 2 N–H and O–H groups in total. The van der Waals surface area contributed by atoms with Crippen molar-refractivity contribution in [2.45, 2.75) is 39.2 Å². The first-order valence-corrected chi connectivity index (χ1v) is 6.46. The van der Waals surface area contributed by atoms with Gasteiger partial charge in [-0.1, -0.05) is 39.0 Å². The Kier molecular flexibility index (Phi) is 5.13. The lowest BCUT2D eigenvalue weighted by Crippen LogP contribution is -2.40. The van der Waals surface area contributed by atoms with E-state index in [-0.39, 0.29) is 12.0 Å². The fourth-order valence-corrected chi connectivity index (χ4v) is 1.70. The number of hydrogen-bond acceptors (Lipinski definition) is 3. The highest BCUT2D eigenvalue weighted by Crippen LogP contribution is 2.30. The van der Waals surface area contributed by atoms with Gasteiger partial charge in [-0.3, -0.25) is 9.59 Å². The van der Waals surface area contributed by atoms with Gasteiger partial charge in [-0.2, -0.15) is 0 Å². The van der Waals surface area contributed by atoms with Crippen molar-refractivity contribution in [3.63, 3.8) is 0 Å². The van der Waals surface area contributed by atoms with Crippen LogP contribution in [0, 0.1) is 0 Å². The van der Waals surface area contributed by atoms with E-state index in [9.17, 15) is 9.59 Å². The molecule has 0 saturated carbocycles. The molecule has 0 radical (unpaired) electrons. The molecule has 0 fully saturated rings. The van der Waals surface area contributed by atoms with Crippen LogP contribution in [0.2, 0.25) is 0 Å². The molecule has 0 bridgehead atoms. The number of hydrogen-bond donors (Lipinski definition) is 2. The number of ether oxygens (including phenoxy) is 1. The van der Waals surface area contributed by atoms with Crippen molar-refractivity contribution in [3.8, 4) is 5.75 Å². The lowest BCUT2D eigenvalue weighted by atomic mass is 9.86. The predicted octanol–water partition coefficient (Wildman–Crippen LogP) is 1.95. The highest BCUT2D eigenvalue weighted by atomic mass is 16.5. The van der Waals surface area contributed by atoms with E-state index in [0.29, 0.717) is 5.75 Å². The van der Waals surface area contributed by atoms with Crippen molar-refractivity contribution in [2.24, 2.45) is 0 Å². The highest BCUT2D eigenvalue weighted by molar-refractivity contribution is 5.84. The smallest absolute Gasteiger partial charge is 0.325 e. The van der Waals surface area contributed by atoms with Crippen LogP contribution >= 0.6 is 0 Å². The Hall–Kier alpha value is -2.04. The van der Waals surface area contributed by atoms with E-state index in [4.69, 9.17) is 9.84 Å². The van der Waals surface area contributed by atoms with Crippen LogP contribution in [0.25, 0.3) is 0 Å². The summed E-state index contributed by atoms with van der Waals surface area (Å²) in [6.07, 6.45) is 0. The molecular formula is C15H21NO4. The van der Waals surface area contributed by atoms with E-state index in [0.717, 1.165) is 5.56 Å². The Bertz CT molecular complexity index is 491. The number of aliphatic carboxylic acids is 1. The molecule has 0 aliphatic carbocycles. The molecule has 5 heteroatoms. The third-order valence-corrected chi connectivity index (χ3v) is 2.80. The number of nitrogens with one attached hydrogen (secondary N) is 1. The molecule has 0 aliphatic heterocycles. The van der Waals surface area contributed by atoms with E-state index in [1.165, 1.54) is 6.92 Å². The highest BCUT2D eigenvalue weighted by Gasteiger charge is 2.19. The minimum Gasteiger partial charge on any atom is -0.483 e. The number of carboxylic acids is 1. The number of carboxylic acid groups (broad SMARTS) is 1. The molecule has 0 aliphatic rings. The summed E-state index contributed by atoms with van der Waals surface area (Å²) < 4.78 is 5.50. The summed E-state index contributed by atoms with van der Waals surface area (Å²) in [5, 5.41) is 11.1. The van der Waals surface area contributed by atoms with Crippen molar-refractivity contribution < 1.29 is 19.4 Å². The summed E-state index contributed by atoms with van der Waals surface area (Å²) in [4.78, 5) is 22.2. The second kappa shape index (κ2) is 6.41. The van der Waals surface area contributed by atoms with Gasteiger partial charge in [-0.25, -0.2) is 0 Å². The van der Waals surface area contributed by atoms with Gasteiger partial charge >= 0.3 is 5.97 Å². The van der Waals surface area contributed by atoms with Crippen LogP contribution in [-0.4, -0.2) is 29.6 Å². The normalized spacial score (nSPS) is 12.6. The molecule has 1 amide bonds. The standard InChI is InChI=1S/C15H21NO4/c1-10(14(18)19)16-13(17)9-20-12-8-6-5-7-11(12)15(2,3)4/h5-8,10H,9H2,1-4H3,(H,16,17)(H,18,19). The summed E-state index contributed by atoms with van der Waals surface area (Å²) in [7, 11) is 0. The lowest BCUT2D eigenvalue weighted by molar-refractivity contribution is -0.141. The molecule has 1 aromatic rings. The van der Waals surface area contributed by atoms with Crippen LogP contribution in [0.3, 0.4) is 0 Å². The first kappa shape index (κ1) is 16.0. The van der Waals surface area contributed by atoms with Crippen molar-refractivity contribution in [2.75, 3.05) is 6.61 Å². The second-order valence-electron chi connectivity index (χ2n) is 5.66. The first-order valence-electron chi connectivity index (χ1n) is 6.46. The largest absolute Gasteiger partial charge is 0.483 e. The molecule has 1 aromatic carbocycles. The van der Waals surface area contributed by atoms with Crippen molar-refractivity contribution in [1.29, 1.82) is 0 Å². The number of carbonyl (C=O) groups excluding carboxylic acids is 1. The molecule has 0 spiro atoms. The zero-order valence-electron chi connectivity index (χ0n) is 12.3. The second-order valence-corrected chi connectivity index (χ2v) is 5.66. The van der Waals surface area contributed by atoms with Gasteiger partial charge in [0.05, 0.1) is 0 Å². The zero-order chi connectivity index (χ0) is 15.3. The molecule has 110 valence electrons. The quantitative estimate of drug-likeness (QED) is 0.864. The monoisotopic (exact) mass is 279 g/mol. The summed E-state index contributed by atoms with van der Waals surface area (Å²) >= 11 is 0. The minimum atomic E-state index is -1.08. The summed E-state index contributed by atoms with van der Waals surface area (Å²) in [6.45, 7) is 7.37. The maximum Gasteiger partial charge on any atom is 0.325 e. The lowest BCUT2D eigenvalue weighted by Gasteiger charge is -2.22. The molecule has 0 heterocycles. The van der Waals surface area contributed by atoms with Crippen LogP contribution < -0.4 is 10.1 Å². The third-order valence-electron chi connectivity index (χ3n) is 2.80. The van der Waals surface area contributed by atoms with Gasteiger partial charge in [-0.05, 0) is 24.0 Å². The van der Waals surface area contributed by atoms with E-state index >= 15 is 0 Å². The van der Waals surface area contributed by atoms with Crippen LogP contribution in [0.5, 0.6) is 5.75 Å². The number of para-hydroxylation sites is 1. The summed E-state index contributed by atoms with van der Waals surface area (Å²) in [5.74, 6) is -0.893. The van der Waals surface area contributed by atoms with Crippen molar-refractivity contribution in [3.05, 3.63) is 29.8 Å². The van der Waals surface area contributed by atoms with E-state index in [1.54, 1.807) is 6.07 Å². The van der Waals surface area contributed by atoms with Gasteiger partial charge in [-0.15, -0.1) is 0 Å². The Morgan fingerprint density at radius 3 is 2.45 bits per heavy atom. The molecule has 1 unspecified atom stereocenters. The van der Waals surface area contributed by atoms with Crippen LogP contribution in [0.1, 0.15) is 33.3 Å². The average molecular weight is 279 g/mol. The molecule has 1 atom stereocenters. The van der Waals surface area contributed by atoms with Crippen molar-refractivity contribution in [1.82, 2.24) is 5.32 Å². The van der Waals surface area contributed by atoms with Gasteiger partial charge in [0.25, 0.3) is 5.91 Å². The van der Waals surface area contributed by atoms with Gasteiger partial charge in [0.15, 0.2) is 6.61 Å². The Morgan fingerprint density at radius 1 is 1.30 bits per heavy atom. The summed E-state index contributed by atoms with van der Waals surface area (Å²) in [5.41, 5.74) is 0.903. The van der Waals surface area contributed by atoms with Crippen molar-refractivity contribution >= 4 is 11.9 Å². The molecule has 0 aromatic heterocycles. The van der Waals surface area contributed by atoms with E-state index in [1.807, 2.05) is 18.2 Å². The number of amides is 1. The van der Waals surface area contributed by atoms with E-state index in [2.05, 4.69) is 26.1 Å². The first-order chi connectivity index (χ1) is 9.21. The topological polar surface area (TPSA) is 75.6 Å². The third kappa shape index (κ3) is 4.57. The molecule has 5 nitrogen and oxygen atoms in total. The van der Waals surface area contributed by atoms with Gasteiger partial charge in [0.2, 0.25) is 0 Å². The van der Waals surface area contributed by atoms with Crippen LogP contribution in [0.4, 0.5) is 0 Å². The average Bonchev–Trinajstić information content (AvgIpc) is 2.35. The zero-order valence-corrected chi connectivity index (χ0v) is 12.3. The van der Waals surface area contributed by atoms with Gasteiger partial charge in [0.1, 0.15) is 11.8 Å².